The summed E-state index contributed by atoms with van der Waals surface area (Å²) in [6.45, 7) is 0. The van der Waals surface area contributed by atoms with Crippen LogP contribution in [0, 0.1) is 3.57 Å². The molecule has 0 saturated carbocycles. The first-order valence-corrected chi connectivity index (χ1v) is 7.14. The molecule has 2 rings (SSSR count). The zero-order valence-corrected chi connectivity index (χ0v) is 13.1. The lowest BCUT2D eigenvalue weighted by Gasteiger charge is -2.07. The van der Waals surface area contributed by atoms with Crippen molar-refractivity contribution < 1.29 is 9.59 Å². The molecule has 0 radical (unpaired) electrons. The van der Waals surface area contributed by atoms with Gasteiger partial charge in [-0.1, -0.05) is 11.6 Å². The van der Waals surface area contributed by atoms with Gasteiger partial charge in [0.25, 0.3) is 5.91 Å². The highest BCUT2D eigenvalue weighted by molar-refractivity contribution is 14.1. The molecular weight excluding hydrogens is 391 g/mol. The summed E-state index contributed by atoms with van der Waals surface area (Å²) in [6.07, 6.45) is 0. The van der Waals surface area contributed by atoms with Gasteiger partial charge in [-0.15, -0.1) is 0 Å². The molecule has 102 valence electrons. The summed E-state index contributed by atoms with van der Waals surface area (Å²) in [7, 11) is 0. The van der Waals surface area contributed by atoms with Crippen LogP contribution in [-0.2, 0) is 0 Å². The van der Waals surface area contributed by atoms with E-state index in [-0.39, 0.29) is 0 Å². The van der Waals surface area contributed by atoms with E-state index in [1.165, 1.54) is 0 Å². The van der Waals surface area contributed by atoms with Crippen LogP contribution in [0.4, 0.5) is 10.5 Å². The van der Waals surface area contributed by atoms with Crippen molar-refractivity contribution in [2.24, 2.45) is 0 Å². The predicted molar refractivity (Wildman–Crippen MR) is 87.1 cm³/mol. The van der Waals surface area contributed by atoms with Crippen LogP contribution in [0.1, 0.15) is 10.4 Å². The Hall–Kier alpha value is -1.60. The van der Waals surface area contributed by atoms with E-state index in [0.717, 1.165) is 3.57 Å². The van der Waals surface area contributed by atoms with E-state index < -0.39 is 11.9 Å². The van der Waals surface area contributed by atoms with E-state index >= 15 is 0 Å². The molecule has 0 atom stereocenters. The van der Waals surface area contributed by atoms with E-state index in [4.69, 9.17) is 11.6 Å². The van der Waals surface area contributed by atoms with Crippen molar-refractivity contribution in [1.82, 2.24) is 5.32 Å². The molecule has 0 saturated heterocycles. The number of hydrogen-bond donors (Lipinski definition) is 2. The van der Waals surface area contributed by atoms with Gasteiger partial charge in [0.15, 0.2) is 0 Å². The molecule has 0 spiro atoms. The van der Waals surface area contributed by atoms with Crippen molar-refractivity contribution in [3.63, 3.8) is 0 Å². The molecule has 0 heterocycles. The van der Waals surface area contributed by atoms with Crippen molar-refractivity contribution in [2.45, 2.75) is 0 Å². The van der Waals surface area contributed by atoms with E-state index in [1.54, 1.807) is 36.4 Å². The smallest absolute Gasteiger partial charge is 0.308 e. The predicted octanol–water partition coefficient (Wildman–Crippen LogP) is 3.91. The van der Waals surface area contributed by atoms with Gasteiger partial charge in [-0.25, -0.2) is 4.79 Å². The molecule has 2 aromatic rings. The van der Waals surface area contributed by atoms with Gasteiger partial charge in [-0.2, -0.15) is 0 Å². The minimum Gasteiger partial charge on any atom is -0.308 e. The Morgan fingerprint density at radius 3 is 2.15 bits per heavy atom. The van der Waals surface area contributed by atoms with E-state index in [1.807, 2.05) is 12.1 Å². The lowest BCUT2D eigenvalue weighted by molar-refractivity contribution is 0.0967. The van der Waals surface area contributed by atoms with Crippen molar-refractivity contribution in [2.75, 3.05) is 5.32 Å². The van der Waals surface area contributed by atoms with Gasteiger partial charge in [0.1, 0.15) is 0 Å². The van der Waals surface area contributed by atoms with Crippen LogP contribution in [0.15, 0.2) is 48.5 Å². The minimum atomic E-state index is -0.578. The molecule has 2 N–H and O–H groups in total. The number of amides is 3. The molecular formula is C14H10ClIN2O2. The lowest BCUT2D eigenvalue weighted by atomic mass is 10.2. The second kappa shape index (κ2) is 6.71. The van der Waals surface area contributed by atoms with Crippen LogP contribution in [-0.4, -0.2) is 11.9 Å². The van der Waals surface area contributed by atoms with Crippen molar-refractivity contribution in [3.8, 4) is 0 Å². The van der Waals surface area contributed by atoms with E-state index in [2.05, 4.69) is 33.2 Å². The van der Waals surface area contributed by atoms with Gasteiger partial charge in [0.05, 0.1) is 0 Å². The molecule has 20 heavy (non-hydrogen) atoms. The van der Waals surface area contributed by atoms with Crippen LogP contribution in [0.25, 0.3) is 0 Å². The number of carbonyl (C=O) groups excluding carboxylic acids is 2. The standard InChI is InChI=1S/C14H10ClIN2O2/c15-10-3-1-9(2-4-10)13(19)18-14(20)17-12-7-5-11(16)6-8-12/h1-8H,(H2,17,18,19,20). The molecule has 0 unspecified atom stereocenters. The van der Waals surface area contributed by atoms with Gasteiger partial charge < -0.3 is 5.32 Å². The van der Waals surface area contributed by atoms with Crippen molar-refractivity contribution in [1.29, 1.82) is 0 Å². The zero-order chi connectivity index (χ0) is 14.5. The number of imide groups is 1. The number of hydrogen-bond acceptors (Lipinski definition) is 2. The summed E-state index contributed by atoms with van der Waals surface area (Å²) < 4.78 is 1.06. The van der Waals surface area contributed by atoms with Crippen LogP contribution in [0.3, 0.4) is 0 Å². The van der Waals surface area contributed by atoms with Gasteiger partial charge in [0, 0.05) is 19.8 Å². The molecule has 0 bridgehead atoms. The van der Waals surface area contributed by atoms with Gasteiger partial charge in [-0.05, 0) is 71.1 Å². The number of rotatable bonds is 2. The molecule has 6 heteroatoms. The molecule has 0 aromatic heterocycles. The number of urea groups is 1. The van der Waals surface area contributed by atoms with E-state index in [0.29, 0.717) is 16.3 Å². The molecule has 0 aliphatic rings. The molecule has 3 amide bonds. The number of benzene rings is 2. The van der Waals surface area contributed by atoms with Crippen LogP contribution in [0.2, 0.25) is 5.02 Å². The first-order chi connectivity index (χ1) is 9.54. The molecule has 4 nitrogen and oxygen atoms in total. The van der Waals surface area contributed by atoms with Crippen molar-refractivity contribution in [3.05, 3.63) is 62.7 Å². The monoisotopic (exact) mass is 400 g/mol. The highest BCUT2D eigenvalue weighted by Gasteiger charge is 2.10. The van der Waals surface area contributed by atoms with Gasteiger partial charge in [0.2, 0.25) is 0 Å². The zero-order valence-electron chi connectivity index (χ0n) is 10.2. The SMILES string of the molecule is O=C(NC(=O)c1ccc(Cl)cc1)Nc1ccc(I)cc1. The van der Waals surface area contributed by atoms with Crippen LogP contribution >= 0.6 is 34.2 Å². The number of halogens is 2. The molecule has 0 fully saturated rings. The fraction of sp³-hybridized carbons (Fsp3) is 0. The third-order valence-corrected chi connectivity index (χ3v) is 3.41. The first kappa shape index (κ1) is 14.8. The minimum absolute atomic E-state index is 0.368. The Kier molecular flexibility index (Phi) is 4.97. The molecule has 0 aliphatic carbocycles. The third kappa shape index (κ3) is 4.21. The quantitative estimate of drug-likeness (QED) is 0.751. The maximum absolute atomic E-state index is 11.8. The van der Waals surface area contributed by atoms with E-state index in [9.17, 15) is 9.59 Å². The normalized spacial score (nSPS) is 9.90. The second-order valence-electron chi connectivity index (χ2n) is 3.92. The molecule has 2 aromatic carbocycles. The second-order valence-corrected chi connectivity index (χ2v) is 5.60. The fourth-order valence-corrected chi connectivity index (χ4v) is 1.96. The summed E-state index contributed by atoms with van der Waals surface area (Å²) in [5.74, 6) is -0.482. The maximum atomic E-state index is 11.8. The topological polar surface area (TPSA) is 58.2 Å². The van der Waals surface area contributed by atoms with Crippen molar-refractivity contribution >= 4 is 51.8 Å². The third-order valence-electron chi connectivity index (χ3n) is 2.44. The fourth-order valence-electron chi connectivity index (χ4n) is 1.47. The average molecular weight is 401 g/mol. The summed E-state index contributed by atoms with van der Waals surface area (Å²) in [4.78, 5) is 23.5. The Labute approximate surface area is 134 Å². The first-order valence-electron chi connectivity index (χ1n) is 5.68. The Balaban J connectivity index is 1.95. The number of carbonyl (C=O) groups is 2. The summed E-state index contributed by atoms with van der Waals surface area (Å²) in [5.41, 5.74) is 0.985. The van der Waals surface area contributed by atoms with Gasteiger partial charge >= 0.3 is 6.03 Å². The van der Waals surface area contributed by atoms with Gasteiger partial charge in [-0.3, -0.25) is 10.1 Å². The number of nitrogens with one attached hydrogen (secondary N) is 2. The van der Waals surface area contributed by atoms with Crippen LogP contribution in [0.5, 0.6) is 0 Å². The summed E-state index contributed by atoms with van der Waals surface area (Å²) >= 11 is 7.90. The van der Waals surface area contributed by atoms with Crippen LogP contribution < -0.4 is 10.6 Å². The molecule has 0 aliphatic heterocycles. The lowest BCUT2D eigenvalue weighted by Crippen LogP contribution is -2.34. The average Bonchev–Trinajstić information content (AvgIpc) is 2.42. The Bertz CT molecular complexity index is 627. The highest BCUT2D eigenvalue weighted by Crippen LogP contribution is 2.11. The largest absolute Gasteiger partial charge is 0.326 e. The maximum Gasteiger partial charge on any atom is 0.326 e. The number of anilines is 1. The Morgan fingerprint density at radius 1 is 0.950 bits per heavy atom. The summed E-state index contributed by atoms with van der Waals surface area (Å²) in [6, 6.07) is 12.9. The highest BCUT2D eigenvalue weighted by atomic mass is 127. The Morgan fingerprint density at radius 2 is 1.55 bits per heavy atom. The summed E-state index contributed by atoms with van der Waals surface area (Å²) in [5, 5.41) is 5.36.